The Bertz CT molecular complexity index is 1080. The zero-order chi connectivity index (χ0) is 19.7. The van der Waals surface area contributed by atoms with Gasteiger partial charge in [0.05, 0.1) is 18.7 Å². The van der Waals surface area contributed by atoms with Crippen LogP contribution in [0.15, 0.2) is 56.3 Å². The van der Waals surface area contributed by atoms with E-state index in [9.17, 15) is 14.4 Å². The highest BCUT2D eigenvalue weighted by Gasteiger charge is 2.35. The molecule has 1 amide bonds. The fourth-order valence-corrected chi connectivity index (χ4v) is 3.40. The van der Waals surface area contributed by atoms with Crippen LogP contribution >= 0.6 is 0 Å². The summed E-state index contributed by atoms with van der Waals surface area (Å²) in [4.78, 5) is 38.0. The van der Waals surface area contributed by atoms with Crippen molar-refractivity contribution in [2.75, 3.05) is 6.54 Å². The number of amides is 1. The van der Waals surface area contributed by atoms with Crippen LogP contribution in [0, 0.1) is 12.8 Å². The van der Waals surface area contributed by atoms with Crippen LogP contribution in [0.3, 0.4) is 0 Å². The number of rotatable bonds is 5. The predicted molar refractivity (Wildman–Crippen MR) is 99.2 cm³/mol. The summed E-state index contributed by atoms with van der Waals surface area (Å²) >= 11 is 0. The number of furan rings is 1. The Hall–Kier alpha value is -3.35. The number of hydrogen-bond donors (Lipinski definition) is 0. The summed E-state index contributed by atoms with van der Waals surface area (Å²) in [6.07, 6.45) is 1.65. The van der Waals surface area contributed by atoms with Gasteiger partial charge in [0.25, 0.3) is 0 Å². The van der Waals surface area contributed by atoms with Crippen LogP contribution in [-0.2, 0) is 27.5 Å². The maximum atomic E-state index is 12.5. The monoisotopic (exact) mass is 381 g/mol. The van der Waals surface area contributed by atoms with Crippen molar-refractivity contribution >= 4 is 22.8 Å². The smallest absolute Gasteiger partial charge is 0.336 e. The first-order valence-electron chi connectivity index (χ1n) is 9.00. The third-order valence-corrected chi connectivity index (χ3v) is 4.83. The minimum atomic E-state index is -0.531. The van der Waals surface area contributed by atoms with Gasteiger partial charge in [0.2, 0.25) is 5.91 Å². The number of fused-ring (bicyclic) bond motifs is 1. The topological polar surface area (TPSA) is 90.0 Å². The zero-order valence-electron chi connectivity index (χ0n) is 15.3. The molecule has 0 N–H and O–H groups in total. The van der Waals surface area contributed by atoms with E-state index in [0.29, 0.717) is 23.5 Å². The number of ether oxygens (including phenoxy) is 1. The maximum absolute atomic E-state index is 12.5. The van der Waals surface area contributed by atoms with Gasteiger partial charge in [-0.3, -0.25) is 9.59 Å². The molecule has 0 spiro atoms. The summed E-state index contributed by atoms with van der Waals surface area (Å²) in [6.45, 7) is 2.47. The predicted octanol–water partition coefficient (Wildman–Crippen LogP) is 2.79. The number of hydrogen-bond acceptors (Lipinski definition) is 6. The molecule has 3 aromatic rings. The number of likely N-dealkylation sites (tertiary alicyclic amines) is 1. The second-order valence-corrected chi connectivity index (χ2v) is 6.95. The lowest BCUT2D eigenvalue weighted by atomic mass is 10.1. The second-order valence-electron chi connectivity index (χ2n) is 6.95. The first-order valence-corrected chi connectivity index (χ1v) is 9.00. The number of nitrogens with zero attached hydrogens (tertiary/aromatic N) is 1. The highest BCUT2D eigenvalue weighted by molar-refractivity contribution is 5.87. The molecule has 1 unspecified atom stereocenters. The minimum Gasteiger partial charge on any atom is -0.467 e. The lowest BCUT2D eigenvalue weighted by molar-refractivity contribution is -0.149. The van der Waals surface area contributed by atoms with Gasteiger partial charge in [0.15, 0.2) is 0 Å². The molecule has 0 bridgehead atoms. The van der Waals surface area contributed by atoms with E-state index in [-0.39, 0.29) is 25.5 Å². The van der Waals surface area contributed by atoms with Crippen LogP contribution in [0.5, 0.6) is 0 Å². The number of aryl methyl sites for hydroxylation is 1. The molecule has 1 aliphatic heterocycles. The van der Waals surface area contributed by atoms with E-state index in [1.807, 2.05) is 19.1 Å². The fourth-order valence-electron chi connectivity index (χ4n) is 3.40. The molecule has 1 saturated heterocycles. The van der Waals surface area contributed by atoms with E-state index in [1.165, 1.54) is 6.07 Å². The summed E-state index contributed by atoms with van der Waals surface area (Å²) in [5.74, 6) is -0.431. The van der Waals surface area contributed by atoms with Crippen LogP contribution in [0.2, 0.25) is 0 Å². The minimum absolute atomic E-state index is 0.0487. The van der Waals surface area contributed by atoms with Gasteiger partial charge < -0.3 is 18.5 Å². The van der Waals surface area contributed by atoms with Crippen LogP contribution in [-0.4, -0.2) is 23.3 Å². The van der Waals surface area contributed by atoms with Crippen LogP contribution in [0.25, 0.3) is 11.0 Å². The summed E-state index contributed by atoms with van der Waals surface area (Å²) in [5.41, 5.74) is 1.51. The van der Waals surface area contributed by atoms with Crippen molar-refractivity contribution in [2.24, 2.45) is 5.92 Å². The average molecular weight is 381 g/mol. The lowest BCUT2D eigenvalue weighted by Gasteiger charge is -2.15. The van der Waals surface area contributed by atoms with Gasteiger partial charge in [-0.25, -0.2) is 4.79 Å². The summed E-state index contributed by atoms with van der Waals surface area (Å²) in [6, 6.07) is 10.4. The molecule has 0 radical (unpaired) electrons. The first-order chi connectivity index (χ1) is 13.5. The Kier molecular flexibility index (Phi) is 4.73. The third-order valence-electron chi connectivity index (χ3n) is 4.83. The molecule has 0 aliphatic carbocycles. The molecule has 1 aliphatic rings. The highest BCUT2D eigenvalue weighted by atomic mass is 16.5. The van der Waals surface area contributed by atoms with Gasteiger partial charge in [-0.2, -0.15) is 0 Å². The number of carbonyl (C=O) groups is 2. The lowest BCUT2D eigenvalue weighted by Crippen LogP contribution is -2.26. The van der Waals surface area contributed by atoms with Crippen molar-refractivity contribution in [1.29, 1.82) is 0 Å². The Labute approximate surface area is 160 Å². The van der Waals surface area contributed by atoms with Crippen molar-refractivity contribution in [2.45, 2.75) is 26.5 Å². The number of carbonyl (C=O) groups excluding carboxylic acids is 2. The molecule has 7 heteroatoms. The Morgan fingerprint density at radius 1 is 1.25 bits per heavy atom. The summed E-state index contributed by atoms with van der Waals surface area (Å²) < 4.78 is 15.9. The molecule has 7 nitrogen and oxygen atoms in total. The van der Waals surface area contributed by atoms with Crippen LogP contribution in [0.1, 0.15) is 23.3 Å². The Morgan fingerprint density at radius 3 is 2.89 bits per heavy atom. The molecule has 1 fully saturated rings. The molecular formula is C21H19NO6. The van der Waals surface area contributed by atoms with Gasteiger partial charge in [-0.1, -0.05) is 12.1 Å². The van der Waals surface area contributed by atoms with Gasteiger partial charge in [0.1, 0.15) is 18.0 Å². The van der Waals surface area contributed by atoms with Crippen LogP contribution in [0.4, 0.5) is 0 Å². The van der Waals surface area contributed by atoms with Gasteiger partial charge in [-0.15, -0.1) is 0 Å². The largest absolute Gasteiger partial charge is 0.467 e. The average Bonchev–Trinajstić information content (AvgIpc) is 3.29. The van der Waals surface area contributed by atoms with E-state index < -0.39 is 17.5 Å². The third kappa shape index (κ3) is 3.69. The van der Waals surface area contributed by atoms with E-state index in [0.717, 1.165) is 10.9 Å². The number of benzene rings is 1. The normalized spacial score (nSPS) is 16.7. The van der Waals surface area contributed by atoms with Crippen LogP contribution < -0.4 is 5.63 Å². The first kappa shape index (κ1) is 18.0. The molecule has 28 heavy (non-hydrogen) atoms. The van der Waals surface area contributed by atoms with Gasteiger partial charge >= 0.3 is 11.6 Å². The molecule has 144 valence electrons. The molecular weight excluding hydrogens is 362 g/mol. The van der Waals surface area contributed by atoms with Crippen molar-refractivity contribution in [3.05, 3.63) is 70.0 Å². The fraction of sp³-hybridized carbons (Fsp3) is 0.286. The van der Waals surface area contributed by atoms with E-state index in [4.69, 9.17) is 13.6 Å². The summed E-state index contributed by atoms with van der Waals surface area (Å²) in [7, 11) is 0. The Morgan fingerprint density at radius 2 is 2.11 bits per heavy atom. The van der Waals surface area contributed by atoms with E-state index >= 15 is 0 Å². The molecule has 3 heterocycles. The standard InChI is InChI=1S/C21H19NO6/c1-13-4-5-17-15(9-20(24)28-18(17)7-13)12-27-21(25)14-8-19(23)22(10-14)11-16-3-2-6-26-16/h2-7,9,14H,8,10-12H2,1H3. The number of esters is 1. The van der Waals surface area contributed by atoms with Crippen molar-refractivity contribution < 1.29 is 23.2 Å². The van der Waals surface area contributed by atoms with Gasteiger partial charge in [-0.05, 0) is 30.7 Å². The molecule has 2 aromatic heterocycles. The second kappa shape index (κ2) is 7.34. The van der Waals surface area contributed by atoms with Crippen molar-refractivity contribution in [1.82, 2.24) is 4.90 Å². The van der Waals surface area contributed by atoms with E-state index in [2.05, 4.69) is 0 Å². The van der Waals surface area contributed by atoms with Gasteiger partial charge in [0, 0.05) is 30.0 Å². The maximum Gasteiger partial charge on any atom is 0.336 e. The quantitative estimate of drug-likeness (QED) is 0.499. The molecule has 4 rings (SSSR count). The van der Waals surface area contributed by atoms with Crippen molar-refractivity contribution in [3.63, 3.8) is 0 Å². The highest BCUT2D eigenvalue weighted by Crippen LogP contribution is 2.23. The van der Waals surface area contributed by atoms with E-state index in [1.54, 1.807) is 29.4 Å². The molecule has 0 saturated carbocycles. The Balaban J connectivity index is 1.43. The SMILES string of the molecule is Cc1ccc2c(COC(=O)C3CC(=O)N(Cc4ccco4)C3)cc(=O)oc2c1. The molecule has 1 atom stereocenters. The summed E-state index contributed by atoms with van der Waals surface area (Å²) in [5, 5.41) is 0.722. The van der Waals surface area contributed by atoms with Crippen molar-refractivity contribution in [3.8, 4) is 0 Å². The zero-order valence-corrected chi connectivity index (χ0v) is 15.3. The molecule has 1 aromatic carbocycles.